The molecule has 1 aliphatic heterocycles. The van der Waals surface area contributed by atoms with E-state index in [9.17, 15) is 18.0 Å². The molecule has 1 unspecified atom stereocenters. The number of benzene rings is 1. The number of likely N-dealkylation sites (N-methyl/N-ethyl adjacent to an activating group) is 1. The molecule has 1 amide bonds. The van der Waals surface area contributed by atoms with Crippen molar-refractivity contribution < 1.29 is 22.7 Å². The summed E-state index contributed by atoms with van der Waals surface area (Å²) in [4.78, 5) is 11.8. The SMILES string of the molecule is CCNC1C(=O)Nc2cc(OCCC(F)(F)F)c(Cl)cc21. The molecule has 0 fully saturated rings. The van der Waals surface area contributed by atoms with E-state index in [-0.39, 0.29) is 16.7 Å². The minimum Gasteiger partial charge on any atom is -0.492 e. The Kier molecular flexibility index (Phi) is 4.63. The van der Waals surface area contributed by atoms with Crippen LogP contribution in [0.2, 0.25) is 5.02 Å². The summed E-state index contributed by atoms with van der Waals surface area (Å²) in [6.07, 6.45) is -5.35. The monoisotopic (exact) mass is 322 g/mol. The molecule has 0 aliphatic carbocycles. The van der Waals surface area contributed by atoms with E-state index in [0.29, 0.717) is 17.8 Å². The lowest BCUT2D eigenvalue weighted by Gasteiger charge is -2.13. The average molecular weight is 323 g/mol. The zero-order valence-electron chi connectivity index (χ0n) is 11.2. The van der Waals surface area contributed by atoms with Crippen LogP contribution in [0.15, 0.2) is 12.1 Å². The Morgan fingerprint density at radius 2 is 2.14 bits per heavy atom. The van der Waals surface area contributed by atoms with E-state index >= 15 is 0 Å². The van der Waals surface area contributed by atoms with E-state index in [2.05, 4.69) is 10.6 Å². The first-order valence-corrected chi connectivity index (χ1v) is 6.77. The van der Waals surface area contributed by atoms with E-state index in [1.54, 1.807) is 0 Å². The van der Waals surface area contributed by atoms with Gasteiger partial charge in [0, 0.05) is 17.3 Å². The van der Waals surface area contributed by atoms with E-state index in [1.165, 1.54) is 12.1 Å². The third-order valence-corrected chi connectivity index (χ3v) is 3.28. The summed E-state index contributed by atoms with van der Waals surface area (Å²) in [5, 5.41) is 5.82. The molecule has 21 heavy (non-hydrogen) atoms. The Balaban J connectivity index is 2.13. The summed E-state index contributed by atoms with van der Waals surface area (Å²) >= 11 is 6.00. The molecule has 4 nitrogen and oxygen atoms in total. The molecule has 0 saturated carbocycles. The van der Waals surface area contributed by atoms with Gasteiger partial charge in [0.05, 0.1) is 18.1 Å². The first-order valence-electron chi connectivity index (χ1n) is 6.39. The maximum atomic E-state index is 12.1. The van der Waals surface area contributed by atoms with Gasteiger partial charge in [0.15, 0.2) is 0 Å². The molecule has 0 saturated heterocycles. The maximum Gasteiger partial charge on any atom is 0.392 e. The van der Waals surface area contributed by atoms with Gasteiger partial charge in [0.2, 0.25) is 5.91 Å². The molecule has 1 atom stereocenters. The number of carbonyl (C=O) groups excluding carboxylic acids is 1. The number of alkyl halides is 3. The predicted octanol–water partition coefficient (Wildman–Crippen LogP) is 3.27. The molecular weight excluding hydrogens is 309 g/mol. The van der Waals surface area contributed by atoms with Gasteiger partial charge in [-0.2, -0.15) is 13.2 Å². The van der Waals surface area contributed by atoms with Crippen LogP contribution >= 0.6 is 11.6 Å². The molecule has 8 heteroatoms. The van der Waals surface area contributed by atoms with Crippen molar-refractivity contribution in [2.75, 3.05) is 18.5 Å². The lowest BCUT2D eigenvalue weighted by atomic mass is 10.1. The molecule has 2 N–H and O–H groups in total. The zero-order valence-corrected chi connectivity index (χ0v) is 11.9. The number of amides is 1. The number of halogens is 4. The summed E-state index contributed by atoms with van der Waals surface area (Å²) in [6, 6.07) is 2.47. The molecule has 0 spiro atoms. The van der Waals surface area contributed by atoms with Gasteiger partial charge in [0.1, 0.15) is 11.8 Å². The lowest BCUT2D eigenvalue weighted by molar-refractivity contribution is -0.139. The minimum atomic E-state index is -4.28. The van der Waals surface area contributed by atoms with Gasteiger partial charge in [0.25, 0.3) is 0 Å². The van der Waals surface area contributed by atoms with Crippen LogP contribution in [-0.2, 0) is 4.79 Å². The van der Waals surface area contributed by atoms with Crippen LogP contribution in [0.25, 0.3) is 0 Å². The molecule has 1 aromatic carbocycles. The van der Waals surface area contributed by atoms with Crippen LogP contribution < -0.4 is 15.4 Å². The van der Waals surface area contributed by atoms with Gasteiger partial charge in [-0.1, -0.05) is 18.5 Å². The third-order valence-electron chi connectivity index (χ3n) is 2.99. The molecular formula is C13H14ClF3N2O2. The Hall–Kier alpha value is -1.47. The second kappa shape index (κ2) is 6.11. The van der Waals surface area contributed by atoms with Crippen LogP contribution in [0.3, 0.4) is 0 Å². The molecule has 1 aliphatic rings. The number of carbonyl (C=O) groups is 1. The van der Waals surface area contributed by atoms with Crippen molar-refractivity contribution in [3.63, 3.8) is 0 Å². The highest BCUT2D eigenvalue weighted by Gasteiger charge is 2.31. The fourth-order valence-corrected chi connectivity index (χ4v) is 2.28. The van der Waals surface area contributed by atoms with E-state index in [1.807, 2.05) is 6.92 Å². The van der Waals surface area contributed by atoms with Gasteiger partial charge < -0.3 is 15.4 Å². The van der Waals surface area contributed by atoms with Crippen LogP contribution in [0.4, 0.5) is 18.9 Å². The normalized spacial score (nSPS) is 17.6. The largest absolute Gasteiger partial charge is 0.492 e. The summed E-state index contributed by atoms with van der Waals surface area (Å²) in [6.45, 7) is 1.94. The second-order valence-electron chi connectivity index (χ2n) is 4.56. The Morgan fingerprint density at radius 3 is 2.76 bits per heavy atom. The number of anilines is 1. The van der Waals surface area contributed by atoms with Crippen LogP contribution in [0.1, 0.15) is 24.9 Å². The molecule has 0 aromatic heterocycles. The number of ether oxygens (including phenoxy) is 1. The van der Waals surface area contributed by atoms with Crippen LogP contribution in [0.5, 0.6) is 5.75 Å². The van der Waals surface area contributed by atoms with Crippen molar-refractivity contribution in [2.45, 2.75) is 25.6 Å². The summed E-state index contributed by atoms with van der Waals surface area (Å²) in [7, 11) is 0. The standard InChI is InChI=1S/C13H14ClF3N2O2/c1-2-18-11-7-5-8(14)10(6-9(7)19-12(11)20)21-4-3-13(15,16)17/h5-6,11,18H,2-4H2,1H3,(H,19,20). The molecule has 1 aromatic rings. The Bertz CT molecular complexity index is 549. The van der Waals surface area contributed by atoms with Gasteiger partial charge >= 0.3 is 6.18 Å². The molecule has 0 bridgehead atoms. The maximum absolute atomic E-state index is 12.1. The number of hydrogen-bond donors (Lipinski definition) is 2. The molecule has 1 heterocycles. The molecule has 0 radical (unpaired) electrons. The van der Waals surface area contributed by atoms with Crippen LogP contribution in [-0.4, -0.2) is 25.2 Å². The quantitative estimate of drug-likeness (QED) is 0.874. The van der Waals surface area contributed by atoms with Crippen molar-refractivity contribution in [3.8, 4) is 5.75 Å². The van der Waals surface area contributed by atoms with Gasteiger partial charge in [-0.05, 0) is 12.6 Å². The number of fused-ring (bicyclic) bond motifs is 1. The Morgan fingerprint density at radius 1 is 1.43 bits per heavy atom. The van der Waals surface area contributed by atoms with E-state index in [0.717, 1.165) is 0 Å². The van der Waals surface area contributed by atoms with Gasteiger partial charge in [-0.3, -0.25) is 4.79 Å². The summed E-state index contributed by atoms with van der Waals surface area (Å²) in [5.74, 6) is -0.104. The molecule has 2 rings (SSSR count). The fourth-order valence-electron chi connectivity index (χ4n) is 2.06. The van der Waals surface area contributed by atoms with Crippen molar-refractivity contribution >= 4 is 23.2 Å². The highest BCUT2D eigenvalue weighted by Crippen LogP contribution is 2.38. The molecule has 116 valence electrons. The van der Waals surface area contributed by atoms with Crippen molar-refractivity contribution in [1.82, 2.24) is 5.32 Å². The first-order chi connectivity index (χ1) is 9.81. The van der Waals surface area contributed by atoms with E-state index < -0.39 is 25.2 Å². The highest BCUT2D eigenvalue weighted by atomic mass is 35.5. The lowest BCUT2D eigenvalue weighted by Crippen LogP contribution is -2.27. The van der Waals surface area contributed by atoms with E-state index in [4.69, 9.17) is 16.3 Å². The smallest absolute Gasteiger partial charge is 0.392 e. The van der Waals surface area contributed by atoms with Crippen molar-refractivity contribution in [2.24, 2.45) is 0 Å². The van der Waals surface area contributed by atoms with Crippen molar-refractivity contribution in [3.05, 3.63) is 22.7 Å². The number of rotatable bonds is 5. The average Bonchev–Trinajstić information content (AvgIpc) is 2.65. The number of hydrogen-bond acceptors (Lipinski definition) is 3. The number of nitrogens with one attached hydrogen (secondary N) is 2. The van der Waals surface area contributed by atoms with Gasteiger partial charge in [-0.25, -0.2) is 0 Å². The van der Waals surface area contributed by atoms with Gasteiger partial charge in [-0.15, -0.1) is 0 Å². The summed E-state index contributed by atoms with van der Waals surface area (Å²) in [5.41, 5.74) is 1.16. The predicted molar refractivity (Wildman–Crippen MR) is 72.7 cm³/mol. The highest BCUT2D eigenvalue weighted by molar-refractivity contribution is 6.32. The minimum absolute atomic E-state index is 0.122. The van der Waals surface area contributed by atoms with Crippen LogP contribution in [0, 0.1) is 0 Å². The second-order valence-corrected chi connectivity index (χ2v) is 4.97. The van der Waals surface area contributed by atoms with Crippen molar-refractivity contribution in [1.29, 1.82) is 0 Å². The first kappa shape index (κ1) is 15.9. The Labute approximate surface area is 124 Å². The zero-order chi connectivity index (χ0) is 15.6. The third kappa shape index (κ3) is 3.79. The fraction of sp³-hybridized carbons (Fsp3) is 0.462. The summed E-state index contributed by atoms with van der Waals surface area (Å²) < 4.78 is 41.3. The topological polar surface area (TPSA) is 50.4 Å².